The molecule has 8 rings (SSSR count). The average Bonchev–Trinajstić information content (AvgIpc) is 4.01. The van der Waals surface area contributed by atoms with E-state index in [0.29, 0.717) is 37.3 Å². The Balaban J connectivity index is 0.858. The zero-order valence-corrected chi connectivity index (χ0v) is 35.9. The summed E-state index contributed by atoms with van der Waals surface area (Å²) in [6.07, 6.45) is 2.81. The van der Waals surface area contributed by atoms with Gasteiger partial charge in [-0.15, -0.1) is 0 Å². The summed E-state index contributed by atoms with van der Waals surface area (Å²) in [5.41, 5.74) is 4.79. The number of benzene rings is 4. The van der Waals surface area contributed by atoms with Crippen LogP contribution in [0.5, 0.6) is 0 Å². The fourth-order valence-corrected chi connectivity index (χ4v) is 9.24. The van der Waals surface area contributed by atoms with Crippen molar-refractivity contribution in [1.82, 2.24) is 29.4 Å². The van der Waals surface area contributed by atoms with Crippen LogP contribution in [0.2, 0.25) is 0 Å². The van der Waals surface area contributed by atoms with E-state index in [0.717, 1.165) is 87.5 Å². The van der Waals surface area contributed by atoms with Crippen LogP contribution in [0.1, 0.15) is 60.0 Å². The number of amides is 4. The first-order chi connectivity index (χ1) is 30.2. The number of nitrogens with one attached hydrogen (secondary N) is 2. The van der Waals surface area contributed by atoms with E-state index in [4.69, 9.17) is 0 Å². The molecule has 12 nitrogen and oxygen atoms in total. The second kappa shape index (κ2) is 19.9. The van der Waals surface area contributed by atoms with Gasteiger partial charge in [0.05, 0.1) is 0 Å². The minimum absolute atomic E-state index is 0.0132. The topological polar surface area (TPSA) is 112 Å². The van der Waals surface area contributed by atoms with Crippen LogP contribution in [-0.2, 0) is 19.2 Å². The monoisotopic (exact) mass is 834 g/mol. The summed E-state index contributed by atoms with van der Waals surface area (Å²) in [6.45, 7) is 7.88. The third kappa shape index (κ3) is 10.1. The van der Waals surface area contributed by atoms with Crippen LogP contribution in [-0.4, -0.2) is 145 Å². The van der Waals surface area contributed by atoms with Gasteiger partial charge in [0.25, 0.3) is 0 Å². The lowest BCUT2D eigenvalue weighted by Gasteiger charge is -2.39. The van der Waals surface area contributed by atoms with Crippen molar-refractivity contribution in [2.75, 3.05) is 90.2 Å². The molecule has 4 aliphatic heterocycles. The normalized spacial score (nSPS) is 21.1. The molecule has 0 radical (unpaired) electrons. The van der Waals surface area contributed by atoms with Crippen LogP contribution in [0, 0.1) is 11.8 Å². The molecule has 4 aromatic carbocycles. The molecule has 0 aliphatic carbocycles. The van der Waals surface area contributed by atoms with Gasteiger partial charge in [-0.2, -0.15) is 0 Å². The van der Waals surface area contributed by atoms with Crippen molar-refractivity contribution in [3.8, 4) is 11.8 Å². The van der Waals surface area contributed by atoms with E-state index in [1.54, 1.807) is 9.80 Å². The maximum Gasteiger partial charge on any atom is 0.247 e. The van der Waals surface area contributed by atoms with E-state index in [2.05, 4.69) is 56.2 Å². The van der Waals surface area contributed by atoms with Crippen molar-refractivity contribution in [1.29, 1.82) is 0 Å². The molecule has 4 heterocycles. The smallest absolute Gasteiger partial charge is 0.247 e. The second-order valence-corrected chi connectivity index (χ2v) is 17.1. The first-order valence-corrected chi connectivity index (χ1v) is 22.1. The lowest BCUT2D eigenvalue weighted by atomic mass is 10.0. The van der Waals surface area contributed by atoms with Gasteiger partial charge >= 0.3 is 0 Å². The quantitative estimate of drug-likeness (QED) is 0.217. The lowest BCUT2D eigenvalue weighted by Crippen LogP contribution is -2.52. The molecule has 4 saturated heterocycles. The number of anilines is 2. The van der Waals surface area contributed by atoms with Crippen molar-refractivity contribution in [2.45, 2.75) is 49.9 Å². The molecule has 0 spiro atoms. The highest BCUT2D eigenvalue weighted by molar-refractivity contribution is 5.99. The van der Waals surface area contributed by atoms with Gasteiger partial charge in [-0.3, -0.25) is 29.0 Å². The number of likely N-dealkylation sites (N-methyl/N-ethyl adjacent to an activating group) is 2. The van der Waals surface area contributed by atoms with E-state index in [1.165, 1.54) is 0 Å². The molecule has 62 heavy (non-hydrogen) atoms. The Morgan fingerprint density at radius 1 is 0.484 bits per heavy atom. The molecular weight excluding hydrogens is 777 g/mol. The third-order valence-corrected chi connectivity index (χ3v) is 12.8. The number of hydrogen-bond acceptors (Lipinski definition) is 8. The van der Waals surface area contributed by atoms with Crippen molar-refractivity contribution in [3.63, 3.8) is 0 Å². The molecule has 4 aromatic rings. The number of carbonyl (C=O) groups is 4. The minimum Gasteiger partial charge on any atom is -0.329 e. The first kappa shape index (κ1) is 42.8. The van der Waals surface area contributed by atoms with Crippen LogP contribution in [0.4, 0.5) is 11.4 Å². The Morgan fingerprint density at radius 2 is 0.839 bits per heavy atom. The number of nitrogens with zero attached hydrogens (tertiary/aromatic N) is 6. The first-order valence-electron chi connectivity index (χ1n) is 22.1. The van der Waals surface area contributed by atoms with Gasteiger partial charge in [0.15, 0.2) is 0 Å². The van der Waals surface area contributed by atoms with Crippen molar-refractivity contribution in [2.24, 2.45) is 0 Å². The minimum atomic E-state index is -0.535. The molecular formula is C50H58N8O4. The van der Waals surface area contributed by atoms with Crippen molar-refractivity contribution >= 4 is 35.0 Å². The van der Waals surface area contributed by atoms with Crippen LogP contribution in [0.3, 0.4) is 0 Å². The Labute approximate surface area is 365 Å². The van der Waals surface area contributed by atoms with Crippen molar-refractivity contribution < 1.29 is 19.2 Å². The van der Waals surface area contributed by atoms with E-state index in [1.807, 2.05) is 109 Å². The summed E-state index contributed by atoms with van der Waals surface area (Å²) in [5, 5.41) is 6.11. The summed E-state index contributed by atoms with van der Waals surface area (Å²) in [5.74, 6) is 6.01. The summed E-state index contributed by atoms with van der Waals surface area (Å²) in [4.78, 5) is 68.4. The Morgan fingerprint density at radius 3 is 1.19 bits per heavy atom. The zero-order valence-electron chi connectivity index (χ0n) is 35.9. The molecule has 3 unspecified atom stereocenters. The number of carbonyl (C=O) groups excluding carboxylic acids is 4. The Bertz CT molecular complexity index is 2070. The molecule has 0 saturated carbocycles. The summed E-state index contributed by atoms with van der Waals surface area (Å²) in [7, 11) is 4.21. The molecule has 2 N–H and O–H groups in total. The zero-order chi connectivity index (χ0) is 43.0. The summed E-state index contributed by atoms with van der Waals surface area (Å²) < 4.78 is 0. The number of hydrogen-bond donors (Lipinski definition) is 2. The number of piperazine rings is 2. The predicted molar refractivity (Wildman–Crippen MR) is 242 cm³/mol. The van der Waals surface area contributed by atoms with E-state index >= 15 is 0 Å². The highest BCUT2D eigenvalue weighted by Crippen LogP contribution is 2.31. The molecule has 4 fully saturated rings. The largest absolute Gasteiger partial charge is 0.329 e. The summed E-state index contributed by atoms with van der Waals surface area (Å²) in [6, 6.07) is 32.8. The van der Waals surface area contributed by atoms with E-state index in [-0.39, 0.29) is 23.6 Å². The molecule has 322 valence electrons. The van der Waals surface area contributed by atoms with Gasteiger partial charge in [0.1, 0.15) is 24.2 Å². The van der Waals surface area contributed by atoms with Crippen LogP contribution in [0.25, 0.3) is 0 Å². The van der Waals surface area contributed by atoms with Crippen molar-refractivity contribution in [3.05, 3.63) is 131 Å². The average molecular weight is 835 g/mol. The Hall–Kier alpha value is -5.84. The number of likely N-dealkylation sites (tertiary alicyclic amines) is 2. The molecule has 4 amide bonds. The molecule has 0 aromatic heterocycles. The van der Waals surface area contributed by atoms with Gasteiger partial charge in [0.2, 0.25) is 23.6 Å². The molecule has 0 bridgehead atoms. The highest BCUT2D eigenvalue weighted by Gasteiger charge is 2.42. The molecule has 12 heteroatoms. The van der Waals surface area contributed by atoms with Gasteiger partial charge in [-0.25, -0.2) is 0 Å². The van der Waals surface area contributed by atoms with Gasteiger partial charge < -0.3 is 30.2 Å². The summed E-state index contributed by atoms with van der Waals surface area (Å²) >= 11 is 0. The van der Waals surface area contributed by atoms with E-state index < -0.39 is 24.2 Å². The molecule has 4 aliphatic rings. The highest BCUT2D eigenvalue weighted by atomic mass is 16.2. The SMILES string of the molecule is CN1CCN(C(C(=O)N2CCCC2C(=O)Nc2ccc(C#Cc3ccc(NC(=O)[C@@H]4CCCN4C(=O)C(c4ccccc4)N4CCN(C)CC4)cc3)cc2)c2ccccc2)CC1. The van der Waals surface area contributed by atoms with Gasteiger partial charge in [-0.1, -0.05) is 72.5 Å². The van der Waals surface area contributed by atoms with Gasteiger partial charge in [0, 0.05) is 87.9 Å². The standard InChI is InChI=1S/C50H58N8O4/c1-53-29-33-55(34-30-53)45(39-11-5-3-6-12-39)49(61)57-27-9-15-43(57)47(59)51-41-23-19-37(20-24-41)17-18-38-21-25-42(26-22-38)52-48(60)44-16-10-28-58(44)50(62)46(40-13-7-4-8-14-40)56-35-31-54(2)32-36-56/h3-8,11-14,19-26,43-46H,9-10,15-16,27-36H2,1-2H3,(H,51,59)(H,52,60)/t43-,44?,45?,46?/m0/s1. The second-order valence-electron chi connectivity index (χ2n) is 17.1. The predicted octanol–water partition coefficient (Wildman–Crippen LogP) is 4.92. The third-order valence-electron chi connectivity index (χ3n) is 12.8. The maximum absolute atomic E-state index is 14.2. The Kier molecular flexibility index (Phi) is 13.8. The molecule has 4 atom stereocenters. The van der Waals surface area contributed by atoms with Crippen LogP contribution >= 0.6 is 0 Å². The van der Waals surface area contributed by atoms with Crippen LogP contribution < -0.4 is 10.6 Å². The van der Waals surface area contributed by atoms with Crippen LogP contribution in [0.15, 0.2) is 109 Å². The maximum atomic E-state index is 14.2. The fourth-order valence-electron chi connectivity index (χ4n) is 9.24. The van der Waals surface area contributed by atoms with Gasteiger partial charge in [-0.05, 0) is 99.4 Å². The number of rotatable bonds is 10. The van der Waals surface area contributed by atoms with E-state index in [9.17, 15) is 19.2 Å². The lowest BCUT2D eigenvalue weighted by molar-refractivity contribution is -0.142. The fraction of sp³-hybridized carbons (Fsp3) is 0.400.